The van der Waals surface area contributed by atoms with Crippen LogP contribution >= 0.6 is 0 Å². The molecular formula is H3BF4N2O2. The summed E-state index contributed by atoms with van der Waals surface area (Å²) in [7, 11) is -6.00. The molecule has 9 heteroatoms. The Labute approximate surface area is 46.9 Å². The molecule has 0 heterocycles. The van der Waals surface area contributed by atoms with E-state index in [4.69, 9.17) is 10.1 Å². The lowest BCUT2D eigenvalue weighted by Gasteiger charge is -1.94. The van der Waals surface area contributed by atoms with Crippen LogP contribution in [0.3, 0.4) is 0 Å². The summed E-state index contributed by atoms with van der Waals surface area (Å²) in [6.07, 6.45) is 0. The van der Waals surface area contributed by atoms with Gasteiger partial charge in [-0.2, -0.15) is 0 Å². The Kier molecular flexibility index (Phi) is 4.98. The minimum Gasteiger partial charge on any atom is -0.418 e. The zero-order chi connectivity index (χ0) is 8.08. The number of halogens is 4. The highest BCUT2D eigenvalue weighted by Crippen LogP contribution is 2.06. The number of nitro groups is 1. The lowest BCUT2D eigenvalue weighted by molar-refractivity contribution is -1.04. The average Bonchev–Trinajstić information content (AvgIpc) is 1.19. The van der Waals surface area contributed by atoms with Crippen LogP contribution in [0.15, 0.2) is 0 Å². The number of rotatable bonds is 0. The van der Waals surface area contributed by atoms with Gasteiger partial charge in [0.05, 0.1) is 0 Å². The van der Waals surface area contributed by atoms with Crippen LogP contribution in [0, 0.1) is 10.1 Å². The van der Waals surface area contributed by atoms with Crippen molar-refractivity contribution in [2.75, 3.05) is 0 Å². The number of quaternary nitrogens is 1. The highest BCUT2D eigenvalue weighted by atomic mass is 19.5. The van der Waals surface area contributed by atoms with Gasteiger partial charge >= 0.3 is 7.25 Å². The predicted molar refractivity (Wildman–Crippen MR) is 20.1 cm³/mol. The highest BCUT2D eigenvalue weighted by molar-refractivity contribution is 6.50. The highest BCUT2D eigenvalue weighted by Gasteiger charge is 2.20. The van der Waals surface area contributed by atoms with E-state index < -0.39 is 12.3 Å². The van der Waals surface area contributed by atoms with Gasteiger partial charge in [-0.25, -0.2) is 10.1 Å². The number of nitrogens with zero attached hydrogens (tertiary/aromatic N) is 1. The van der Waals surface area contributed by atoms with Gasteiger partial charge in [0.1, 0.15) is 0 Å². The quantitative estimate of drug-likeness (QED) is 0.223. The second-order valence-electron chi connectivity index (χ2n) is 0.828. The van der Waals surface area contributed by atoms with E-state index in [1.54, 1.807) is 0 Å². The Morgan fingerprint density at radius 1 is 1.33 bits per heavy atom. The molecular weight excluding hydrogens is 147 g/mol. The van der Waals surface area contributed by atoms with Gasteiger partial charge in [0.15, 0.2) is 0 Å². The molecule has 0 aromatic heterocycles. The standard InChI is InChI=1S/BF4.H2N2O2/c2-1(3,4)5;1-2(3)4/h;1H2/q-1;/p+1. The molecule has 0 unspecified atom stereocenters. The minimum absolute atomic E-state index is 0.750. The smallest absolute Gasteiger partial charge is 0.418 e. The summed E-state index contributed by atoms with van der Waals surface area (Å²) in [5.41, 5.74) is 0. The molecule has 0 aromatic rings. The SMILES string of the molecule is F[B-](F)(F)F.[NH3+][N+](=O)[O-]. The van der Waals surface area contributed by atoms with E-state index in [1.807, 2.05) is 0 Å². The van der Waals surface area contributed by atoms with Crippen molar-refractivity contribution in [1.29, 1.82) is 0 Å². The molecule has 4 nitrogen and oxygen atoms in total. The van der Waals surface area contributed by atoms with Gasteiger partial charge in [-0.15, -0.1) is 0 Å². The largest absolute Gasteiger partial charge is 0.673 e. The van der Waals surface area contributed by atoms with Crippen LogP contribution in [-0.4, -0.2) is 12.3 Å². The fourth-order valence-corrected chi connectivity index (χ4v) is 0. The monoisotopic (exact) mass is 150 g/mol. The van der Waals surface area contributed by atoms with Crippen LogP contribution in [0.2, 0.25) is 0 Å². The van der Waals surface area contributed by atoms with Crippen LogP contribution < -0.4 is 5.84 Å². The summed E-state index contributed by atoms with van der Waals surface area (Å²) >= 11 is 0. The average molecular weight is 150 g/mol. The lowest BCUT2D eigenvalue weighted by Crippen LogP contribution is -2.56. The van der Waals surface area contributed by atoms with E-state index in [0.717, 1.165) is 0 Å². The molecule has 3 N–H and O–H groups in total. The molecule has 0 amide bonds. The third kappa shape index (κ3) is 259. The number of hydrogen-bond acceptors (Lipinski definition) is 2. The molecule has 9 heavy (non-hydrogen) atoms. The molecule has 0 aliphatic heterocycles. The predicted octanol–water partition coefficient (Wildman–Crippen LogP) is -0.280. The summed E-state index contributed by atoms with van der Waals surface area (Å²) in [6, 6.07) is 0. The van der Waals surface area contributed by atoms with Crippen molar-refractivity contribution in [2.24, 2.45) is 0 Å². The molecule has 56 valence electrons. The third-order valence-corrected chi connectivity index (χ3v) is 0. The zero-order valence-electron chi connectivity index (χ0n) is 4.06. The normalized spacial score (nSPS) is 9.44. The second-order valence-corrected chi connectivity index (χ2v) is 0.828. The van der Waals surface area contributed by atoms with Crippen molar-refractivity contribution in [1.82, 2.24) is 0 Å². The molecule has 0 saturated carbocycles. The Morgan fingerprint density at radius 3 is 1.33 bits per heavy atom. The van der Waals surface area contributed by atoms with E-state index in [2.05, 4.69) is 5.84 Å². The van der Waals surface area contributed by atoms with Crippen LogP contribution in [-0.2, 0) is 0 Å². The van der Waals surface area contributed by atoms with Crippen LogP contribution in [0.4, 0.5) is 17.3 Å². The molecule has 0 fully saturated rings. The third-order valence-electron chi connectivity index (χ3n) is 0. The van der Waals surface area contributed by atoms with E-state index in [-0.39, 0.29) is 0 Å². The Morgan fingerprint density at radius 2 is 1.33 bits per heavy atom. The maximum atomic E-state index is 9.75. The van der Waals surface area contributed by atoms with E-state index in [9.17, 15) is 17.3 Å². The summed E-state index contributed by atoms with van der Waals surface area (Å²) in [6.45, 7) is 0. The first-order valence-corrected chi connectivity index (χ1v) is 1.55. The van der Waals surface area contributed by atoms with Gasteiger partial charge in [0, 0.05) is 0 Å². The molecule has 0 aliphatic carbocycles. The summed E-state index contributed by atoms with van der Waals surface area (Å²) < 4.78 is 39.0. The molecule has 0 rings (SSSR count). The Hall–Kier alpha value is -0.855. The Bertz CT molecular complexity index is 79.1. The molecule has 0 saturated heterocycles. The first-order valence-electron chi connectivity index (χ1n) is 1.55. The first kappa shape index (κ1) is 11.0. The van der Waals surface area contributed by atoms with Crippen LogP contribution in [0.5, 0.6) is 0 Å². The first-order chi connectivity index (χ1) is 3.73. The second kappa shape index (κ2) is 4.07. The van der Waals surface area contributed by atoms with Crippen molar-refractivity contribution in [3.63, 3.8) is 0 Å². The molecule has 0 radical (unpaired) electrons. The summed E-state index contributed by atoms with van der Waals surface area (Å²) in [5.74, 6) is 2.36. The van der Waals surface area contributed by atoms with Gasteiger partial charge in [0.2, 0.25) is 5.03 Å². The molecule has 0 atom stereocenters. The van der Waals surface area contributed by atoms with Crippen LogP contribution in [0.1, 0.15) is 0 Å². The van der Waals surface area contributed by atoms with Gasteiger partial charge in [-0.1, -0.05) is 5.84 Å². The topological polar surface area (TPSA) is 70.8 Å². The van der Waals surface area contributed by atoms with Gasteiger partial charge in [0.25, 0.3) is 0 Å². The lowest BCUT2D eigenvalue weighted by atomic mass is 10.3. The molecule has 0 bridgehead atoms. The van der Waals surface area contributed by atoms with Crippen molar-refractivity contribution in [3.8, 4) is 0 Å². The summed E-state index contributed by atoms with van der Waals surface area (Å²) in [4.78, 5) is 8.69. The summed E-state index contributed by atoms with van der Waals surface area (Å²) in [5, 5.41) is 7.94. The van der Waals surface area contributed by atoms with E-state index in [1.165, 1.54) is 0 Å². The van der Waals surface area contributed by atoms with Crippen molar-refractivity contribution >= 4 is 7.25 Å². The van der Waals surface area contributed by atoms with Crippen molar-refractivity contribution < 1.29 is 28.1 Å². The Balaban J connectivity index is 0. The van der Waals surface area contributed by atoms with Gasteiger partial charge < -0.3 is 17.3 Å². The maximum absolute atomic E-state index is 9.75. The van der Waals surface area contributed by atoms with Gasteiger partial charge in [-0.05, 0) is 0 Å². The molecule has 0 aromatic carbocycles. The fourth-order valence-electron chi connectivity index (χ4n) is 0. The fraction of sp³-hybridized carbons (Fsp3) is 0. The molecule has 0 aliphatic rings. The van der Waals surface area contributed by atoms with Crippen molar-refractivity contribution in [3.05, 3.63) is 10.1 Å². The maximum Gasteiger partial charge on any atom is 0.673 e. The van der Waals surface area contributed by atoms with Crippen LogP contribution in [0.25, 0.3) is 0 Å². The van der Waals surface area contributed by atoms with E-state index >= 15 is 0 Å². The van der Waals surface area contributed by atoms with E-state index in [0.29, 0.717) is 0 Å². The minimum atomic E-state index is -6.00. The van der Waals surface area contributed by atoms with Gasteiger partial charge in [-0.3, -0.25) is 0 Å². The van der Waals surface area contributed by atoms with Crippen molar-refractivity contribution in [2.45, 2.75) is 0 Å². The number of hydrogen-bond donors (Lipinski definition) is 1. The zero-order valence-corrected chi connectivity index (χ0v) is 4.06. The molecule has 0 spiro atoms.